The van der Waals surface area contributed by atoms with Gasteiger partial charge in [0.1, 0.15) is 5.82 Å². The van der Waals surface area contributed by atoms with Gasteiger partial charge >= 0.3 is 0 Å². The number of nitrogens with zero attached hydrogens (tertiary/aromatic N) is 2. The van der Waals surface area contributed by atoms with Crippen molar-refractivity contribution in [2.75, 3.05) is 0 Å². The van der Waals surface area contributed by atoms with Gasteiger partial charge in [0, 0.05) is 28.5 Å². The largest absolute Gasteiger partial charge is 0.328 e. The summed E-state index contributed by atoms with van der Waals surface area (Å²) in [6.07, 6.45) is 2.49. The summed E-state index contributed by atoms with van der Waals surface area (Å²) in [5, 5.41) is 2.04. The van der Waals surface area contributed by atoms with Crippen LogP contribution in [0.2, 0.25) is 0 Å². The van der Waals surface area contributed by atoms with Gasteiger partial charge in [-0.2, -0.15) is 0 Å². The zero-order valence-corrected chi connectivity index (χ0v) is 11.3. The summed E-state index contributed by atoms with van der Waals surface area (Å²) >= 11 is 5.10. The Morgan fingerprint density at radius 2 is 2.38 bits per heavy atom. The van der Waals surface area contributed by atoms with Gasteiger partial charge in [-0.3, -0.25) is 0 Å². The molecule has 0 fully saturated rings. The molecule has 0 spiro atoms. The molecular weight excluding hydrogens is 286 g/mol. The van der Waals surface area contributed by atoms with Gasteiger partial charge < -0.3 is 5.73 Å². The lowest BCUT2D eigenvalue weighted by Gasteiger charge is -2.04. The molecule has 0 saturated carbocycles. The van der Waals surface area contributed by atoms with Crippen LogP contribution in [0.5, 0.6) is 0 Å². The Kier molecular flexibility index (Phi) is 3.68. The Morgan fingerprint density at radius 3 is 3.00 bits per heavy atom. The van der Waals surface area contributed by atoms with Crippen LogP contribution in [0.25, 0.3) is 10.6 Å². The second kappa shape index (κ2) is 5.03. The minimum atomic E-state index is 0.0883. The molecule has 2 N–H and O–H groups in total. The highest BCUT2D eigenvalue weighted by molar-refractivity contribution is 9.10. The topological polar surface area (TPSA) is 51.8 Å². The fraction of sp³-hybridized carbons (Fsp3) is 0.273. The summed E-state index contributed by atoms with van der Waals surface area (Å²) in [5.41, 5.74) is 6.69. The van der Waals surface area contributed by atoms with E-state index in [0.29, 0.717) is 6.42 Å². The van der Waals surface area contributed by atoms with Crippen molar-refractivity contribution in [3.63, 3.8) is 0 Å². The van der Waals surface area contributed by atoms with E-state index in [1.54, 1.807) is 17.5 Å². The van der Waals surface area contributed by atoms with Gasteiger partial charge in [-0.25, -0.2) is 9.97 Å². The fourth-order valence-electron chi connectivity index (χ4n) is 1.37. The number of aromatic nitrogens is 2. The van der Waals surface area contributed by atoms with Gasteiger partial charge in [-0.05, 0) is 35.0 Å². The molecule has 2 heterocycles. The van der Waals surface area contributed by atoms with Crippen molar-refractivity contribution in [3.8, 4) is 10.6 Å². The third kappa shape index (κ3) is 2.87. The van der Waals surface area contributed by atoms with Crippen LogP contribution in [0.15, 0.2) is 28.2 Å². The lowest BCUT2D eigenvalue weighted by molar-refractivity contribution is 0.702. The SMILES string of the molecule is CC(N)Cc1nccc(-c2cc(Br)cs2)n1. The number of hydrogen-bond acceptors (Lipinski definition) is 4. The van der Waals surface area contributed by atoms with E-state index in [1.165, 1.54) is 0 Å². The van der Waals surface area contributed by atoms with Crippen LogP contribution in [0.4, 0.5) is 0 Å². The van der Waals surface area contributed by atoms with Gasteiger partial charge in [-0.15, -0.1) is 11.3 Å². The van der Waals surface area contributed by atoms with Crippen LogP contribution >= 0.6 is 27.3 Å². The number of nitrogens with two attached hydrogens (primary N) is 1. The lowest BCUT2D eigenvalue weighted by Crippen LogP contribution is -2.19. The van der Waals surface area contributed by atoms with Gasteiger partial charge in [0.25, 0.3) is 0 Å². The second-order valence-electron chi connectivity index (χ2n) is 3.67. The van der Waals surface area contributed by atoms with Crippen LogP contribution in [0, 0.1) is 0 Å². The molecule has 0 amide bonds. The fourth-order valence-corrected chi connectivity index (χ4v) is 2.77. The summed E-state index contributed by atoms with van der Waals surface area (Å²) in [4.78, 5) is 9.85. The molecule has 1 atom stereocenters. The lowest BCUT2D eigenvalue weighted by atomic mass is 10.2. The molecule has 0 aliphatic heterocycles. The van der Waals surface area contributed by atoms with Crippen LogP contribution < -0.4 is 5.73 Å². The van der Waals surface area contributed by atoms with Crippen molar-refractivity contribution in [1.29, 1.82) is 0 Å². The van der Waals surface area contributed by atoms with Crippen LogP contribution in [-0.4, -0.2) is 16.0 Å². The van der Waals surface area contributed by atoms with Crippen molar-refractivity contribution in [2.45, 2.75) is 19.4 Å². The molecule has 0 aliphatic carbocycles. The van der Waals surface area contributed by atoms with Gasteiger partial charge in [0.2, 0.25) is 0 Å². The van der Waals surface area contributed by atoms with Crippen molar-refractivity contribution in [1.82, 2.24) is 9.97 Å². The Balaban J connectivity index is 2.28. The third-order valence-electron chi connectivity index (χ3n) is 2.03. The van der Waals surface area contributed by atoms with E-state index in [2.05, 4.69) is 32.0 Å². The maximum absolute atomic E-state index is 5.73. The predicted octanol–water partition coefficient (Wildman–Crippen LogP) is 2.86. The summed E-state index contributed by atoms with van der Waals surface area (Å²) < 4.78 is 1.08. The molecule has 0 bridgehead atoms. The van der Waals surface area contributed by atoms with E-state index in [0.717, 1.165) is 20.9 Å². The maximum atomic E-state index is 5.73. The van der Waals surface area contributed by atoms with Crippen molar-refractivity contribution in [3.05, 3.63) is 34.0 Å². The zero-order chi connectivity index (χ0) is 11.5. The molecule has 2 rings (SSSR count). The molecule has 0 radical (unpaired) electrons. The molecule has 0 saturated heterocycles. The molecule has 0 aliphatic rings. The van der Waals surface area contributed by atoms with Gasteiger partial charge in [0.05, 0.1) is 10.6 Å². The first kappa shape index (κ1) is 11.7. The molecule has 2 aromatic heterocycles. The minimum absolute atomic E-state index is 0.0883. The average molecular weight is 298 g/mol. The minimum Gasteiger partial charge on any atom is -0.328 e. The van der Waals surface area contributed by atoms with Crippen LogP contribution in [0.3, 0.4) is 0 Å². The molecule has 2 aromatic rings. The zero-order valence-electron chi connectivity index (χ0n) is 8.85. The van der Waals surface area contributed by atoms with Crippen molar-refractivity contribution >= 4 is 27.3 Å². The summed E-state index contributed by atoms with van der Waals surface area (Å²) in [6, 6.07) is 4.07. The Labute approximate surface area is 107 Å². The molecule has 16 heavy (non-hydrogen) atoms. The van der Waals surface area contributed by atoms with E-state index < -0.39 is 0 Å². The standard InChI is InChI=1S/C11H12BrN3S/c1-7(13)4-11-14-3-2-9(15-11)10-5-8(12)6-16-10/h2-3,5-7H,4,13H2,1H3. The number of halogens is 1. The Morgan fingerprint density at radius 1 is 1.56 bits per heavy atom. The monoisotopic (exact) mass is 297 g/mol. The first-order valence-electron chi connectivity index (χ1n) is 4.97. The molecule has 0 aromatic carbocycles. The highest BCUT2D eigenvalue weighted by Crippen LogP contribution is 2.28. The van der Waals surface area contributed by atoms with E-state index in [1.807, 2.05) is 18.4 Å². The molecule has 3 nitrogen and oxygen atoms in total. The molecular formula is C11H12BrN3S. The Bertz CT molecular complexity index is 482. The van der Waals surface area contributed by atoms with E-state index in [4.69, 9.17) is 5.73 Å². The smallest absolute Gasteiger partial charge is 0.130 e. The highest BCUT2D eigenvalue weighted by atomic mass is 79.9. The predicted molar refractivity (Wildman–Crippen MR) is 70.4 cm³/mol. The van der Waals surface area contributed by atoms with Crippen molar-refractivity contribution in [2.24, 2.45) is 5.73 Å². The van der Waals surface area contributed by atoms with Crippen molar-refractivity contribution < 1.29 is 0 Å². The average Bonchev–Trinajstić information content (AvgIpc) is 2.64. The first-order chi connectivity index (χ1) is 7.65. The molecule has 84 valence electrons. The van der Waals surface area contributed by atoms with E-state index in [9.17, 15) is 0 Å². The van der Waals surface area contributed by atoms with E-state index >= 15 is 0 Å². The normalized spacial score (nSPS) is 12.7. The molecule has 1 unspecified atom stereocenters. The third-order valence-corrected chi connectivity index (χ3v) is 3.74. The number of thiophene rings is 1. The maximum Gasteiger partial charge on any atom is 0.130 e. The van der Waals surface area contributed by atoms with Gasteiger partial charge in [-0.1, -0.05) is 0 Å². The van der Waals surface area contributed by atoms with Crippen LogP contribution in [0.1, 0.15) is 12.7 Å². The summed E-state index contributed by atoms with van der Waals surface area (Å²) in [6.45, 7) is 1.96. The first-order valence-corrected chi connectivity index (χ1v) is 6.64. The second-order valence-corrected chi connectivity index (χ2v) is 5.50. The van der Waals surface area contributed by atoms with Crippen LogP contribution in [-0.2, 0) is 6.42 Å². The molecule has 5 heteroatoms. The highest BCUT2D eigenvalue weighted by Gasteiger charge is 2.06. The van der Waals surface area contributed by atoms with Gasteiger partial charge in [0.15, 0.2) is 0 Å². The quantitative estimate of drug-likeness (QED) is 0.948. The summed E-state index contributed by atoms with van der Waals surface area (Å²) in [5.74, 6) is 0.803. The Hall–Kier alpha value is -0.780. The number of hydrogen-bond donors (Lipinski definition) is 1. The van der Waals surface area contributed by atoms with E-state index in [-0.39, 0.29) is 6.04 Å². The summed E-state index contributed by atoms with van der Waals surface area (Å²) in [7, 11) is 0. The number of rotatable bonds is 3.